The van der Waals surface area contributed by atoms with E-state index in [0.29, 0.717) is 12.2 Å². The molecule has 3 rings (SSSR count). The van der Waals surface area contributed by atoms with Gasteiger partial charge in [-0.1, -0.05) is 42.5 Å². The monoisotopic (exact) mass is 355 g/mol. The molecule has 1 saturated heterocycles. The van der Waals surface area contributed by atoms with Crippen LogP contribution in [0.1, 0.15) is 49.8 Å². The Bertz CT molecular complexity index is 689. The standard InChI is InChI=1S/C22H29NO3/c1-16(7-5-10-17-8-3-2-4-9-17)26-21-12-6-11-19(22(21)25)20-15-18(24)13-14-23-20/h2-4,6,8-9,11-12,16,18,20,23-25H,5,7,10,13-15H2,1H3/t16?,18-,20+/m0/s1. The molecule has 1 fully saturated rings. The minimum atomic E-state index is -0.317. The molecule has 0 amide bonds. The maximum Gasteiger partial charge on any atom is 0.162 e. The summed E-state index contributed by atoms with van der Waals surface area (Å²) in [5, 5.41) is 23.9. The van der Waals surface area contributed by atoms with Crippen molar-refractivity contribution in [3.8, 4) is 11.5 Å². The molecule has 0 aliphatic carbocycles. The molecule has 0 bridgehead atoms. The first-order valence-electron chi connectivity index (χ1n) is 9.57. The average molecular weight is 355 g/mol. The molecule has 3 atom stereocenters. The lowest BCUT2D eigenvalue weighted by Crippen LogP contribution is -2.34. The lowest BCUT2D eigenvalue weighted by atomic mass is 9.94. The van der Waals surface area contributed by atoms with E-state index in [2.05, 4.69) is 29.6 Å². The highest BCUT2D eigenvalue weighted by molar-refractivity contribution is 5.47. The van der Waals surface area contributed by atoms with Gasteiger partial charge in [-0.3, -0.25) is 0 Å². The van der Waals surface area contributed by atoms with E-state index in [9.17, 15) is 10.2 Å². The molecule has 1 heterocycles. The summed E-state index contributed by atoms with van der Waals surface area (Å²) in [5.41, 5.74) is 2.14. The van der Waals surface area contributed by atoms with Crippen molar-refractivity contribution in [3.05, 3.63) is 59.7 Å². The first-order valence-corrected chi connectivity index (χ1v) is 9.57. The van der Waals surface area contributed by atoms with Gasteiger partial charge in [-0.05, 0) is 57.2 Å². The van der Waals surface area contributed by atoms with Gasteiger partial charge in [0, 0.05) is 11.6 Å². The second-order valence-corrected chi connectivity index (χ2v) is 7.19. The van der Waals surface area contributed by atoms with Gasteiger partial charge in [0.1, 0.15) is 0 Å². The maximum atomic E-state index is 10.6. The largest absolute Gasteiger partial charge is 0.504 e. The normalized spacial score (nSPS) is 21.3. The summed E-state index contributed by atoms with van der Waals surface area (Å²) in [6, 6.07) is 16.0. The van der Waals surface area contributed by atoms with Crippen LogP contribution in [0.2, 0.25) is 0 Å². The molecule has 0 spiro atoms. The lowest BCUT2D eigenvalue weighted by molar-refractivity contribution is 0.116. The van der Waals surface area contributed by atoms with E-state index in [1.807, 2.05) is 31.2 Å². The Morgan fingerprint density at radius 2 is 1.96 bits per heavy atom. The number of phenolic OH excluding ortho intramolecular Hbond substituents is 1. The van der Waals surface area contributed by atoms with Gasteiger partial charge in [0.15, 0.2) is 11.5 Å². The maximum absolute atomic E-state index is 10.6. The molecule has 26 heavy (non-hydrogen) atoms. The van der Waals surface area contributed by atoms with Crippen molar-refractivity contribution >= 4 is 0 Å². The number of phenols is 1. The predicted octanol–water partition coefficient (Wildman–Crippen LogP) is 3.97. The third-order valence-corrected chi connectivity index (χ3v) is 5.03. The molecule has 1 unspecified atom stereocenters. The van der Waals surface area contributed by atoms with Gasteiger partial charge in [0.2, 0.25) is 0 Å². The molecule has 2 aromatic carbocycles. The highest BCUT2D eigenvalue weighted by Crippen LogP contribution is 2.37. The number of hydrogen-bond donors (Lipinski definition) is 3. The van der Waals surface area contributed by atoms with E-state index in [0.717, 1.165) is 37.8 Å². The topological polar surface area (TPSA) is 61.7 Å². The van der Waals surface area contributed by atoms with Crippen LogP contribution in [0, 0.1) is 0 Å². The van der Waals surface area contributed by atoms with E-state index in [-0.39, 0.29) is 24.0 Å². The molecule has 0 aromatic heterocycles. The van der Waals surface area contributed by atoms with E-state index in [1.165, 1.54) is 5.56 Å². The quantitative estimate of drug-likeness (QED) is 0.703. The van der Waals surface area contributed by atoms with Crippen molar-refractivity contribution in [2.24, 2.45) is 0 Å². The Morgan fingerprint density at radius 3 is 2.73 bits per heavy atom. The highest BCUT2D eigenvalue weighted by Gasteiger charge is 2.24. The number of nitrogens with one attached hydrogen (secondary N) is 1. The Labute approximate surface area is 155 Å². The third kappa shape index (κ3) is 4.99. The summed E-state index contributed by atoms with van der Waals surface area (Å²) in [7, 11) is 0. The zero-order valence-corrected chi connectivity index (χ0v) is 15.4. The van der Waals surface area contributed by atoms with Gasteiger partial charge < -0.3 is 20.3 Å². The molecule has 1 aliphatic rings. The number of aliphatic hydroxyl groups is 1. The number of aryl methyl sites for hydroxylation is 1. The van der Waals surface area contributed by atoms with Gasteiger partial charge in [0.05, 0.1) is 12.2 Å². The zero-order valence-electron chi connectivity index (χ0n) is 15.4. The van der Waals surface area contributed by atoms with Crippen molar-refractivity contribution < 1.29 is 14.9 Å². The van der Waals surface area contributed by atoms with Crippen LogP contribution >= 0.6 is 0 Å². The Hall–Kier alpha value is -2.04. The van der Waals surface area contributed by atoms with E-state index < -0.39 is 0 Å². The summed E-state index contributed by atoms with van der Waals surface area (Å²) in [4.78, 5) is 0. The summed E-state index contributed by atoms with van der Waals surface area (Å²) >= 11 is 0. The summed E-state index contributed by atoms with van der Waals surface area (Å²) in [6.45, 7) is 2.80. The van der Waals surface area contributed by atoms with E-state index in [1.54, 1.807) is 0 Å². The number of rotatable bonds is 7. The minimum absolute atomic E-state index is 0.0318. The van der Waals surface area contributed by atoms with Crippen LogP contribution in [0.3, 0.4) is 0 Å². The Kier molecular flexibility index (Phi) is 6.53. The van der Waals surface area contributed by atoms with E-state index >= 15 is 0 Å². The van der Waals surface area contributed by atoms with Gasteiger partial charge >= 0.3 is 0 Å². The molecule has 0 radical (unpaired) electrons. The van der Waals surface area contributed by atoms with Gasteiger partial charge in [0.25, 0.3) is 0 Å². The number of para-hydroxylation sites is 1. The van der Waals surface area contributed by atoms with Crippen molar-refractivity contribution in [1.29, 1.82) is 0 Å². The van der Waals surface area contributed by atoms with Crippen molar-refractivity contribution in [2.45, 2.75) is 57.3 Å². The van der Waals surface area contributed by atoms with Crippen LogP contribution in [-0.4, -0.2) is 29.0 Å². The summed E-state index contributed by atoms with van der Waals surface area (Å²) in [6.07, 6.45) is 4.09. The summed E-state index contributed by atoms with van der Waals surface area (Å²) in [5.74, 6) is 0.714. The molecule has 140 valence electrons. The number of aliphatic hydroxyl groups excluding tert-OH is 1. The number of hydrogen-bond acceptors (Lipinski definition) is 4. The fourth-order valence-electron chi connectivity index (χ4n) is 3.56. The molecule has 3 N–H and O–H groups in total. The minimum Gasteiger partial charge on any atom is -0.504 e. The first-order chi connectivity index (χ1) is 12.6. The highest BCUT2D eigenvalue weighted by atomic mass is 16.5. The summed E-state index contributed by atoms with van der Waals surface area (Å²) < 4.78 is 6.00. The van der Waals surface area contributed by atoms with Crippen LogP contribution in [0.15, 0.2) is 48.5 Å². The predicted molar refractivity (Wildman–Crippen MR) is 104 cm³/mol. The fourth-order valence-corrected chi connectivity index (χ4v) is 3.56. The van der Waals surface area contributed by atoms with Crippen LogP contribution in [0.4, 0.5) is 0 Å². The van der Waals surface area contributed by atoms with Crippen LogP contribution in [0.25, 0.3) is 0 Å². The molecule has 4 nitrogen and oxygen atoms in total. The first kappa shape index (κ1) is 18.7. The van der Waals surface area contributed by atoms with Gasteiger partial charge in [-0.25, -0.2) is 0 Å². The third-order valence-electron chi connectivity index (χ3n) is 5.03. The molecule has 4 heteroatoms. The lowest BCUT2D eigenvalue weighted by Gasteiger charge is -2.28. The molecular weight excluding hydrogens is 326 g/mol. The van der Waals surface area contributed by atoms with E-state index in [4.69, 9.17) is 4.74 Å². The van der Waals surface area contributed by atoms with Crippen molar-refractivity contribution in [1.82, 2.24) is 5.32 Å². The van der Waals surface area contributed by atoms with Crippen LogP contribution < -0.4 is 10.1 Å². The molecule has 1 aliphatic heterocycles. The van der Waals surface area contributed by atoms with Crippen LogP contribution in [-0.2, 0) is 6.42 Å². The molecule has 0 saturated carbocycles. The molecule has 2 aromatic rings. The zero-order chi connectivity index (χ0) is 18.4. The number of ether oxygens (including phenoxy) is 1. The number of benzene rings is 2. The fraction of sp³-hybridized carbons (Fsp3) is 0.455. The van der Waals surface area contributed by atoms with Crippen molar-refractivity contribution in [3.63, 3.8) is 0 Å². The van der Waals surface area contributed by atoms with Crippen molar-refractivity contribution in [2.75, 3.05) is 6.54 Å². The smallest absolute Gasteiger partial charge is 0.162 e. The van der Waals surface area contributed by atoms with Gasteiger partial charge in [-0.15, -0.1) is 0 Å². The average Bonchev–Trinajstić information content (AvgIpc) is 2.64. The number of aromatic hydroxyl groups is 1. The van der Waals surface area contributed by atoms with Crippen LogP contribution in [0.5, 0.6) is 11.5 Å². The van der Waals surface area contributed by atoms with Gasteiger partial charge in [-0.2, -0.15) is 0 Å². The Morgan fingerprint density at radius 1 is 1.15 bits per heavy atom. The Balaban J connectivity index is 1.56. The SMILES string of the molecule is CC(CCCc1ccccc1)Oc1cccc([C@H]2C[C@@H](O)CCN2)c1O. The second kappa shape index (κ2) is 9.06. The number of piperidine rings is 1. The second-order valence-electron chi connectivity index (χ2n) is 7.19. The molecular formula is C22H29NO3.